The molecule has 0 spiro atoms. The van der Waals surface area contributed by atoms with Gasteiger partial charge in [0, 0.05) is 18.0 Å². The van der Waals surface area contributed by atoms with Crippen LogP contribution in [0.5, 0.6) is 0 Å². The lowest BCUT2D eigenvalue weighted by Crippen LogP contribution is -2.33. The average molecular weight is 341 g/mol. The zero-order chi connectivity index (χ0) is 17.5. The molecule has 5 nitrogen and oxygen atoms in total. The summed E-state index contributed by atoms with van der Waals surface area (Å²) in [6.45, 7) is 7.71. The predicted octanol–water partition coefficient (Wildman–Crippen LogP) is 3.82. The molecular weight excluding hydrogens is 316 g/mol. The second-order valence-electron chi connectivity index (χ2n) is 6.38. The van der Waals surface area contributed by atoms with Gasteiger partial charge in [-0.2, -0.15) is 0 Å². The van der Waals surface area contributed by atoms with Gasteiger partial charge >= 0.3 is 6.09 Å². The second-order valence-corrected chi connectivity index (χ2v) is 6.81. The molecule has 1 atom stereocenters. The molecule has 128 valence electrons. The molecule has 1 aromatic carbocycles. The zero-order valence-electron chi connectivity index (χ0n) is 14.1. The van der Waals surface area contributed by atoms with Crippen LogP contribution < -0.4 is 10.6 Å². The van der Waals surface area contributed by atoms with Crippen molar-refractivity contribution in [2.45, 2.75) is 52.2 Å². The highest BCUT2D eigenvalue weighted by atomic mass is 35.5. The van der Waals surface area contributed by atoms with Gasteiger partial charge < -0.3 is 15.4 Å². The Morgan fingerprint density at radius 1 is 1.30 bits per heavy atom. The predicted molar refractivity (Wildman–Crippen MR) is 91.5 cm³/mol. The number of benzene rings is 1. The summed E-state index contributed by atoms with van der Waals surface area (Å²) in [5, 5.41) is 6.18. The number of halogens is 1. The van der Waals surface area contributed by atoms with Gasteiger partial charge in [-0.05, 0) is 51.8 Å². The fourth-order valence-electron chi connectivity index (χ4n) is 1.93. The maximum Gasteiger partial charge on any atom is 0.407 e. The summed E-state index contributed by atoms with van der Waals surface area (Å²) >= 11 is 5.94. The van der Waals surface area contributed by atoms with Crippen LogP contribution in [0.4, 0.5) is 4.79 Å². The molecule has 0 radical (unpaired) electrons. The minimum atomic E-state index is -0.520. The van der Waals surface area contributed by atoms with Crippen molar-refractivity contribution >= 4 is 23.6 Å². The Labute approximate surface area is 142 Å². The molecule has 0 heterocycles. The van der Waals surface area contributed by atoms with E-state index in [-0.39, 0.29) is 11.9 Å². The fraction of sp³-hybridized carbons (Fsp3) is 0.529. The van der Waals surface area contributed by atoms with Gasteiger partial charge in [0.25, 0.3) is 0 Å². The molecular formula is C17H25ClN2O3. The van der Waals surface area contributed by atoms with E-state index < -0.39 is 11.7 Å². The molecule has 0 fully saturated rings. The quantitative estimate of drug-likeness (QED) is 0.773. The van der Waals surface area contributed by atoms with Gasteiger partial charge in [0.15, 0.2) is 0 Å². The first-order chi connectivity index (χ1) is 10.7. The number of carbonyl (C=O) groups is 2. The standard InChI is InChI=1S/C17H25ClN2O3/c1-12(13-7-5-8-14(18)11-13)20-15(21)9-6-10-19-16(22)23-17(2,3)4/h5,7-8,11-12H,6,9-10H2,1-4H3,(H,19,22)(H,20,21)/t12-/m1/s1. The summed E-state index contributed by atoms with van der Waals surface area (Å²) in [6.07, 6.45) is 0.416. The van der Waals surface area contributed by atoms with Crippen molar-refractivity contribution in [3.8, 4) is 0 Å². The number of nitrogens with one attached hydrogen (secondary N) is 2. The van der Waals surface area contributed by atoms with Crippen LogP contribution in [0.1, 0.15) is 52.1 Å². The Morgan fingerprint density at radius 3 is 2.61 bits per heavy atom. The molecule has 0 aliphatic heterocycles. The van der Waals surface area contributed by atoms with E-state index in [1.54, 1.807) is 26.8 Å². The molecule has 1 rings (SSSR count). The van der Waals surface area contributed by atoms with E-state index >= 15 is 0 Å². The maximum atomic E-state index is 11.9. The molecule has 0 aliphatic rings. The topological polar surface area (TPSA) is 67.4 Å². The lowest BCUT2D eigenvalue weighted by molar-refractivity contribution is -0.121. The van der Waals surface area contributed by atoms with Crippen molar-refractivity contribution in [1.29, 1.82) is 0 Å². The highest BCUT2D eigenvalue weighted by Crippen LogP contribution is 2.17. The smallest absolute Gasteiger partial charge is 0.407 e. The maximum absolute atomic E-state index is 11.9. The summed E-state index contributed by atoms with van der Waals surface area (Å²) in [7, 11) is 0. The minimum absolute atomic E-state index is 0.0662. The molecule has 0 aliphatic carbocycles. The van der Waals surface area contributed by atoms with Gasteiger partial charge in [-0.3, -0.25) is 4.79 Å². The Morgan fingerprint density at radius 2 is 2.00 bits per heavy atom. The van der Waals surface area contributed by atoms with Crippen molar-refractivity contribution in [3.63, 3.8) is 0 Å². The van der Waals surface area contributed by atoms with Gasteiger partial charge in [-0.25, -0.2) is 4.79 Å². The van der Waals surface area contributed by atoms with E-state index in [1.807, 2.05) is 25.1 Å². The molecule has 2 amide bonds. The summed E-state index contributed by atoms with van der Waals surface area (Å²) in [5.74, 6) is -0.0662. The van der Waals surface area contributed by atoms with E-state index in [0.29, 0.717) is 24.4 Å². The van der Waals surface area contributed by atoms with Crippen molar-refractivity contribution in [2.24, 2.45) is 0 Å². The first kappa shape index (κ1) is 19.3. The highest BCUT2D eigenvalue weighted by molar-refractivity contribution is 6.30. The number of hydrogen-bond donors (Lipinski definition) is 2. The number of carbonyl (C=O) groups excluding carboxylic acids is 2. The third-order valence-electron chi connectivity index (χ3n) is 2.98. The van der Waals surface area contributed by atoms with Crippen molar-refractivity contribution in [2.75, 3.05) is 6.54 Å². The van der Waals surface area contributed by atoms with Crippen molar-refractivity contribution in [3.05, 3.63) is 34.9 Å². The number of ether oxygens (including phenoxy) is 1. The number of amides is 2. The minimum Gasteiger partial charge on any atom is -0.444 e. The molecule has 0 unspecified atom stereocenters. The summed E-state index contributed by atoms with van der Waals surface area (Å²) in [4.78, 5) is 23.3. The Bertz CT molecular complexity index is 541. The molecule has 0 bridgehead atoms. The highest BCUT2D eigenvalue weighted by Gasteiger charge is 2.15. The lowest BCUT2D eigenvalue weighted by Gasteiger charge is -2.19. The van der Waals surface area contributed by atoms with Crippen LogP contribution in [0.15, 0.2) is 24.3 Å². The molecule has 0 saturated heterocycles. The van der Waals surface area contributed by atoms with E-state index in [2.05, 4.69) is 10.6 Å². The number of rotatable bonds is 6. The number of alkyl carbamates (subject to hydrolysis) is 1. The second kappa shape index (κ2) is 8.77. The van der Waals surface area contributed by atoms with E-state index in [0.717, 1.165) is 5.56 Å². The molecule has 1 aromatic rings. The SMILES string of the molecule is C[C@@H](NC(=O)CCCNC(=O)OC(C)(C)C)c1cccc(Cl)c1. The first-order valence-electron chi connectivity index (χ1n) is 7.69. The van der Waals surface area contributed by atoms with Crippen LogP contribution in [0.25, 0.3) is 0 Å². The van der Waals surface area contributed by atoms with Gasteiger partial charge in [-0.15, -0.1) is 0 Å². The normalized spacial score (nSPS) is 12.4. The van der Waals surface area contributed by atoms with Crippen LogP contribution in [0, 0.1) is 0 Å². The van der Waals surface area contributed by atoms with Gasteiger partial charge in [0.1, 0.15) is 5.60 Å². The molecule has 0 aromatic heterocycles. The summed E-state index contributed by atoms with van der Waals surface area (Å²) < 4.78 is 5.12. The van der Waals surface area contributed by atoms with Crippen LogP contribution in [0.2, 0.25) is 5.02 Å². The Hall–Kier alpha value is -1.75. The fourth-order valence-corrected chi connectivity index (χ4v) is 2.13. The average Bonchev–Trinajstić information content (AvgIpc) is 2.41. The molecule has 2 N–H and O–H groups in total. The largest absolute Gasteiger partial charge is 0.444 e. The van der Waals surface area contributed by atoms with Gasteiger partial charge in [-0.1, -0.05) is 23.7 Å². The van der Waals surface area contributed by atoms with E-state index in [4.69, 9.17) is 16.3 Å². The van der Waals surface area contributed by atoms with Crippen LogP contribution in [-0.2, 0) is 9.53 Å². The summed E-state index contributed by atoms with van der Waals surface area (Å²) in [5.41, 5.74) is 0.436. The molecule has 23 heavy (non-hydrogen) atoms. The van der Waals surface area contributed by atoms with Crippen LogP contribution in [-0.4, -0.2) is 24.1 Å². The third-order valence-corrected chi connectivity index (χ3v) is 3.21. The number of hydrogen-bond acceptors (Lipinski definition) is 3. The lowest BCUT2D eigenvalue weighted by atomic mass is 10.1. The molecule has 6 heteroatoms. The first-order valence-corrected chi connectivity index (χ1v) is 8.07. The summed E-state index contributed by atoms with van der Waals surface area (Å²) in [6, 6.07) is 7.28. The van der Waals surface area contributed by atoms with Crippen LogP contribution >= 0.6 is 11.6 Å². The monoisotopic (exact) mass is 340 g/mol. The third kappa shape index (κ3) is 8.45. The van der Waals surface area contributed by atoms with Gasteiger partial charge in [0.05, 0.1) is 6.04 Å². The van der Waals surface area contributed by atoms with E-state index in [9.17, 15) is 9.59 Å². The molecule has 0 saturated carbocycles. The van der Waals surface area contributed by atoms with Crippen molar-refractivity contribution < 1.29 is 14.3 Å². The zero-order valence-corrected chi connectivity index (χ0v) is 14.9. The van der Waals surface area contributed by atoms with Gasteiger partial charge in [0.2, 0.25) is 5.91 Å². The Kier molecular flexibility index (Phi) is 7.36. The van der Waals surface area contributed by atoms with Crippen LogP contribution in [0.3, 0.4) is 0 Å². The van der Waals surface area contributed by atoms with Crippen molar-refractivity contribution in [1.82, 2.24) is 10.6 Å². The van der Waals surface area contributed by atoms with E-state index in [1.165, 1.54) is 0 Å². The Balaban J connectivity index is 2.26.